The Balaban J connectivity index is 2.91. The molecule has 0 fully saturated rings. The normalized spacial score (nSPS) is 10.4. The van der Waals surface area contributed by atoms with Gasteiger partial charge in [-0.3, -0.25) is 0 Å². The maximum absolute atomic E-state index is 5.50. The number of hydrogen-bond acceptors (Lipinski definition) is 2. The zero-order valence-electron chi connectivity index (χ0n) is 7.68. The molecule has 0 amide bonds. The third-order valence-corrected chi connectivity index (χ3v) is 5.08. The van der Waals surface area contributed by atoms with Crippen molar-refractivity contribution in [2.75, 3.05) is 0 Å². The molecule has 5 heteroatoms. The molecule has 0 bridgehead atoms. The van der Waals surface area contributed by atoms with Gasteiger partial charge in [0.25, 0.3) is 0 Å². The van der Waals surface area contributed by atoms with Crippen LogP contribution in [0.25, 0.3) is 0 Å². The molecule has 0 aliphatic heterocycles. The van der Waals surface area contributed by atoms with Gasteiger partial charge in [-0.15, -0.1) is 0 Å². The van der Waals surface area contributed by atoms with Gasteiger partial charge < -0.3 is 0 Å². The second-order valence-electron chi connectivity index (χ2n) is 2.80. The van der Waals surface area contributed by atoms with Crippen molar-refractivity contribution in [2.24, 2.45) is 0 Å². The van der Waals surface area contributed by atoms with E-state index in [0.717, 1.165) is 0 Å². The van der Waals surface area contributed by atoms with Crippen LogP contribution in [0.2, 0.25) is 0 Å². The molecule has 0 unspecified atom stereocenters. The van der Waals surface area contributed by atoms with E-state index in [-0.39, 0.29) is 38.7 Å². The summed E-state index contributed by atoms with van der Waals surface area (Å²) in [5.41, 5.74) is 0. The average molecular weight is 226 g/mol. The van der Waals surface area contributed by atoms with Crippen molar-refractivity contribution in [3.05, 3.63) is 0 Å². The summed E-state index contributed by atoms with van der Waals surface area (Å²) in [6, 6.07) is 0. The quantitative estimate of drug-likeness (QED) is 0.498. The summed E-state index contributed by atoms with van der Waals surface area (Å²) >= 11 is -0.274. The average Bonchev–Trinajstić information content (AvgIpc) is 1.85. The summed E-state index contributed by atoms with van der Waals surface area (Å²) in [4.78, 5) is 0. The Morgan fingerprint density at radius 1 is 0.909 bits per heavy atom. The molecule has 0 aliphatic rings. The fraction of sp³-hybridized carbons (Fsp3) is 1.00. The van der Waals surface area contributed by atoms with Crippen LogP contribution in [-0.2, 0) is 45.3 Å². The Kier molecular flexibility index (Phi) is 9.06. The van der Waals surface area contributed by atoms with E-state index in [2.05, 4.69) is 27.7 Å². The summed E-state index contributed by atoms with van der Waals surface area (Å²) < 4.78 is 12.2. The molecule has 0 aromatic carbocycles. The maximum atomic E-state index is 5.50. The van der Waals surface area contributed by atoms with Crippen LogP contribution < -0.4 is 0 Å². The molecular weight excluding hydrogens is 211 g/mol. The first kappa shape index (κ1) is 12.4. The van der Waals surface area contributed by atoms with Crippen LogP contribution in [0.15, 0.2) is 0 Å². The summed E-state index contributed by atoms with van der Waals surface area (Å²) in [5, 5.41) is 0. The van der Waals surface area contributed by atoms with Gasteiger partial charge in [0.15, 0.2) is 0 Å². The van der Waals surface area contributed by atoms with E-state index < -0.39 is 0 Å². The van der Waals surface area contributed by atoms with E-state index in [1.54, 1.807) is 0 Å². The van der Waals surface area contributed by atoms with Gasteiger partial charge in [-0.25, -0.2) is 0 Å². The van der Waals surface area contributed by atoms with E-state index in [9.17, 15) is 0 Å². The topological polar surface area (TPSA) is 18.5 Å². The first-order valence-electron chi connectivity index (χ1n) is 3.90. The van der Waals surface area contributed by atoms with Crippen molar-refractivity contribution in [3.8, 4) is 0 Å². The monoisotopic (exact) mass is 226 g/mol. The fourth-order valence-corrected chi connectivity index (χ4v) is 3.29. The second-order valence-corrected chi connectivity index (χ2v) is 7.26. The van der Waals surface area contributed by atoms with Gasteiger partial charge >= 0.3 is 88.8 Å². The van der Waals surface area contributed by atoms with Crippen LogP contribution in [0.4, 0.5) is 0 Å². The molecule has 11 heavy (non-hydrogen) atoms. The standard InChI is InChI=1S/2C3H7O.BH.2Ti/c2*1-3(2)4;;;/h2*3H,1-2H3;1H;;/q2*-1;;2*+1. The zero-order chi connectivity index (χ0) is 8.69. The van der Waals surface area contributed by atoms with Crippen molar-refractivity contribution >= 4 is 3.63 Å². The van der Waals surface area contributed by atoms with Crippen LogP contribution >= 0.6 is 0 Å². The summed E-state index contributed by atoms with van der Waals surface area (Å²) in [5.74, 6) is 0. The molecule has 0 aliphatic carbocycles. The van der Waals surface area contributed by atoms with Gasteiger partial charge in [0.2, 0.25) is 0 Å². The van der Waals surface area contributed by atoms with E-state index in [1.807, 2.05) is 0 Å². The minimum absolute atomic E-state index is 0.137. The SMILES string of the molecule is CC(C)[O][Ti][BH][Ti][O]C(C)C. The van der Waals surface area contributed by atoms with Crippen LogP contribution in [0.5, 0.6) is 0 Å². The van der Waals surface area contributed by atoms with Gasteiger partial charge in [-0.1, -0.05) is 0 Å². The van der Waals surface area contributed by atoms with Crippen LogP contribution in [0.3, 0.4) is 0 Å². The predicted octanol–water partition coefficient (Wildman–Crippen LogP) is 1.10. The molecule has 0 atom stereocenters. The van der Waals surface area contributed by atoms with Crippen molar-refractivity contribution in [1.29, 1.82) is 0 Å². The molecule has 62 valence electrons. The number of rotatable bonds is 6. The molecule has 0 spiro atoms. The Hall–Kier alpha value is 1.41. The molecular formula is C6H15BO2Ti2. The molecule has 0 aromatic heterocycles. The second kappa shape index (κ2) is 8.03. The van der Waals surface area contributed by atoms with Gasteiger partial charge in [0.1, 0.15) is 0 Å². The third-order valence-electron chi connectivity index (χ3n) is 0.782. The molecule has 0 rings (SSSR count). The zero-order valence-corrected chi connectivity index (χ0v) is 10.8. The van der Waals surface area contributed by atoms with Gasteiger partial charge in [0, 0.05) is 0 Å². The van der Waals surface area contributed by atoms with Crippen molar-refractivity contribution in [1.82, 2.24) is 0 Å². The predicted molar refractivity (Wildman–Crippen MR) is 39.6 cm³/mol. The fourth-order valence-electron chi connectivity index (χ4n) is 0.446. The molecule has 0 radical (unpaired) electrons. The molecule has 0 aromatic rings. The Bertz CT molecular complexity index is 80.7. The van der Waals surface area contributed by atoms with Crippen molar-refractivity contribution < 1.29 is 45.3 Å². The first-order chi connectivity index (χ1) is 5.13. The van der Waals surface area contributed by atoms with Crippen molar-refractivity contribution in [2.45, 2.75) is 39.9 Å². The molecule has 0 heterocycles. The van der Waals surface area contributed by atoms with Gasteiger partial charge in [0.05, 0.1) is 0 Å². The molecule has 0 saturated carbocycles. The van der Waals surface area contributed by atoms with Crippen LogP contribution in [-0.4, -0.2) is 15.8 Å². The number of hydrogen-bond donors (Lipinski definition) is 0. The van der Waals surface area contributed by atoms with Crippen molar-refractivity contribution in [3.63, 3.8) is 0 Å². The van der Waals surface area contributed by atoms with E-state index in [0.29, 0.717) is 12.2 Å². The van der Waals surface area contributed by atoms with Gasteiger partial charge in [-0.05, 0) is 0 Å². The minimum atomic E-state index is -0.137. The Morgan fingerprint density at radius 2 is 1.27 bits per heavy atom. The summed E-state index contributed by atoms with van der Waals surface area (Å²) in [6.07, 6.45) is 0.835. The van der Waals surface area contributed by atoms with Crippen LogP contribution in [0, 0.1) is 0 Å². The van der Waals surface area contributed by atoms with E-state index in [1.165, 1.54) is 3.63 Å². The Labute approximate surface area is 88.4 Å². The third kappa shape index (κ3) is 11.4. The van der Waals surface area contributed by atoms with Crippen LogP contribution in [0.1, 0.15) is 27.7 Å². The molecule has 0 saturated heterocycles. The molecule has 0 N–H and O–H groups in total. The van der Waals surface area contributed by atoms with E-state index >= 15 is 0 Å². The first-order valence-corrected chi connectivity index (χ1v) is 7.38. The summed E-state index contributed by atoms with van der Waals surface area (Å²) in [6.45, 7) is 8.36. The summed E-state index contributed by atoms with van der Waals surface area (Å²) in [7, 11) is 0. The molecule has 2 nitrogen and oxygen atoms in total. The van der Waals surface area contributed by atoms with Gasteiger partial charge in [-0.2, -0.15) is 0 Å². The Morgan fingerprint density at radius 3 is 1.55 bits per heavy atom. The van der Waals surface area contributed by atoms with E-state index in [4.69, 9.17) is 6.64 Å².